The van der Waals surface area contributed by atoms with Crippen LogP contribution in [0.5, 0.6) is 0 Å². The topological polar surface area (TPSA) is 54.0 Å². The summed E-state index contributed by atoms with van der Waals surface area (Å²) in [6.07, 6.45) is 1.75. The third-order valence-electron chi connectivity index (χ3n) is 3.36. The first-order valence-corrected chi connectivity index (χ1v) is 8.01. The van der Waals surface area contributed by atoms with E-state index >= 15 is 0 Å². The summed E-state index contributed by atoms with van der Waals surface area (Å²) in [4.78, 5) is 16.8. The molecule has 1 saturated heterocycles. The fourth-order valence-electron chi connectivity index (χ4n) is 2.33. The summed E-state index contributed by atoms with van der Waals surface area (Å²) in [6, 6.07) is 15.5. The molecule has 0 saturated carbocycles. The molecule has 1 aliphatic rings. The molecule has 2 atom stereocenters. The van der Waals surface area contributed by atoms with Crippen LogP contribution in [0.15, 0.2) is 54.7 Å². The molecule has 4 nitrogen and oxygen atoms in total. The van der Waals surface area contributed by atoms with Gasteiger partial charge in [-0.05, 0) is 17.7 Å². The first-order valence-electron chi connectivity index (χ1n) is 6.96. The number of nitrogens with zero attached hydrogens (tertiary/aromatic N) is 1. The van der Waals surface area contributed by atoms with E-state index in [1.165, 1.54) is 0 Å². The lowest BCUT2D eigenvalue weighted by atomic mass is 10.0. The van der Waals surface area contributed by atoms with Crippen molar-refractivity contribution in [1.29, 1.82) is 0 Å². The van der Waals surface area contributed by atoms with Crippen LogP contribution in [0.25, 0.3) is 0 Å². The number of hydrogen-bond acceptors (Lipinski definition) is 4. The Kier molecular flexibility index (Phi) is 6.24. The molecule has 0 bridgehead atoms. The second-order valence-corrected chi connectivity index (χ2v) is 6.02. The SMILES string of the molecule is Cl.O=C(NC(c1ccccc1)c1ccccn1)[C@H]1NCCS1. The lowest BCUT2D eigenvalue weighted by molar-refractivity contribution is -0.121. The first-order chi connectivity index (χ1) is 10.3. The number of rotatable bonds is 4. The maximum absolute atomic E-state index is 12.4. The highest BCUT2D eigenvalue weighted by molar-refractivity contribution is 8.00. The molecule has 1 unspecified atom stereocenters. The minimum Gasteiger partial charge on any atom is -0.341 e. The molecule has 1 aliphatic heterocycles. The summed E-state index contributed by atoms with van der Waals surface area (Å²) < 4.78 is 0. The maximum atomic E-state index is 12.4. The number of thioether (sulfide) groups is 1. The summed E-state index contributed by atoms with van der Waals surface area (Å²) in [5, 5.41) is 6.14. The van der Waals surface area contributed by atoms with Crippen LogP contribution in [-0.2, 0) is 4.79 Å². The summed E-state index contributed by atoms with van der Waals surface area (Å²) >= 11 is 1.64. The van der Waals surface area contributed by atoms with Gasteiger partial charge in [-0.1, -0.05) is 36.4 Å². The summed E-state index contributed by atoms with van der Waals surface area (Å²) in [5.41, 5.74) is 1.88. The lowest BCUT2D eigenvalue weighted by Gasteiger charge is -2.20. The number of halogens is 1. The number of nitrogens with one attached hydrogen (secondary N) is 2. The molecule has 0 spiro atoms. The van der Waals surface area contributed by atoms with Crippen LogP contribution in [0, 0.1) is 0 Å². The van der Waals surface area contributed by atoms with Crippen molar-refractivity contribution in [2.24, 2.45) is 0 Å². The molecule has 116 valence electrons. The zero-order chi connectivity index (χ0) is 14.5. The van der Waals surface area contributed by atoms with Gasteiger partial charge in [0, 0.05) is 18.5 Å². The van der Waals surface area contributed by atoms with Crippen LogP contribution in [0.3, 0.4) is 0 Å². The minimum absolute atomic E-state index is 0. The van der Waals surface area contributed by atoms with Crippen molar-refractivity contribution >= 4 is 30.1 Å². The average Bonchev–Trinajstić information content (AvgIpc) is 3.09. The van der Waals surface area contributed by atoms with Crippen molar-refractivity contribution in [2.75, 3.05) is 12.3 Å². The summed E-state index contributed by atoms with van der Waals surface area (Å²) in [5.74, 6) is 0.981. The normalized spacial score (nSPS) is 18.3. The fraction of sp³-hybridized carbons (Fsp3) is 0.250. The van der Waals surface area contributed by atoms with E-state index in [0.29, 0.717) is 0 Å². The van der Waals surface area contributed by atoms with Crippen molar-refractivity contribution in [3.05, 3.63) is 66.0 Å². The van der Waals surface area contributed by atoms with Crippen molar-refractivity contribution < 1.29 is 4.79 Å². The standard InChI is InChI=1S/C16H17N3OS.ClH/c20-15(16-18-10-11-21-16)19-14(12-6-2-1-3-7-12)13-8-4-5-9-17-13;/h1-9,14,16,18H,10-11H2,(H,19,20);1H/t14?,16-;/m0./s1. The highest BCUT2D eigenvalue weighted by atomic mass is 35.5. The number of carbonyl (C=O) groups is 1. The molecule has 1 aromatic carbocycles. The molecule has 6 heteroatoms. The predicted octanol–water partition coefficient (Wildman–Crippen LogP) is 2.37. The number of pyridine rings is 1. The molecule has 0 aliphatic carbocycles. The van der Waals surface area contributed by atoms with Crippen LogP contribution < -0.4 is 10.6 Å². The number of carbonyl (C=O) groups excluding carboxylic acids is 1. The Labute approximate surface area is 140 Å². The Bertz CT molecular complexity index is 551. The Morgan fingerprint density at radius 1 is 1.23 bits per heavy atom. The second kappa shape index (κ2) is 8.17. The molecule has 2 heterocycles. The summed E-state index contributed by atoms with van der Waals surface area (Å²) in [6.45, 7) is 0.877. The van der Waals surface area contributed by atoms with E-state index in [2.05, 4.69) is 15.6 Å². The second-order valence-electron chi connectivity index (χ2n) is 4.81. The first kappa shape index (κ1) is 16.8. The fourth-order valence-corrected chi connectivity index (χ4v) is 3.26. The Hall–Kier alpha value is -1.56. The smallest absolute Gasteiger partial charge is 0.248 e. The predicted molar refractivity (Wildman–Crippen MR) is 92.2 cm³/mol. The number of aromatic nitrogens is 1. The van der Waals surface area contributed by atoms with Gasteiger partial charge in [-0.15, -0.1) is 24.2 Å². The number of hydrogen-bond donors (Lipinski definition) is 2. The zero-order valence-electron chi connectivity index (χ0n) is 11.9. The van der Waals surface area contributed by atoms with E-state index in [1.807, 2.05) is 48.5 Å². The van der Waals surface area contributed by atoms with Crippen molar-refractivity contribution in [3.8, 4) is 0 Å². The Morgan fingerprint density at radius 2 is 2.00 bits per heavy atom. The van der Waals surface area contributed by atoms with Gasteiger partial charge in [-0.2, -0.15) is 0 Å². The molecule has 3 rings (SSSR count). The van der Waals surface area contributed by atoms with Gasteiger partial charge in [0.25, 0.3) is 0 Å². The average molecular weight is 336 g/mol. The van der Waals surface area contributed by atoms with Gasteiger partial charge in [-0.25, -0.2) is 0 Å². The van der Waals surface area contributed by atoms with E-state index in [0.717, 1.165) is 23.6 Å². The highest BCUT2D eigenvalue weighted by Gasteiger charge is 2.26. The van der Waals surface area contributed by atoms with E-state index in [1.54, 1.807) is 18.0 Å². The van der Waals surface area contributed by atoms with Gasteiger partial charge < -0.3 is 5.32 Å². The van der Waals surface area contributed by atoms with Gasteiger partial charge in [0.05, 0.1) is 11.7 Å². The molecular weight excluding hydrogens is 318 g/mol. The number of benzene rings is 1. The third-order valence-corrected chi connectivity index (χ3v) is 4.51. The maximum Gasteiger partial charge on any atom is 0.248 e. The third kappa shape index (κ3) is 4.00. The lowest BCUT2D eigenvalue weighted by Crippen LogP contribution is -2.41. The largest absolute Gasteiger partial charge is 0.341 e. The van der Waals surface area contributed by atoms with Gasteiger partial charge in [0.1, 0.15) is 5.37 Å². The number of amides is 1. The molecule has 1 aromatic heterocycles. The van der Waals surface area contributed by atoms with Crippen LogP contribution in [-0.4, -0.2) is 28.6 Å². The van der Waals surface area contributed by atoms with E-state index in [-0.39, 0.29) is 29.7 Å². The van der Waals surface area contributed by atoms with Crippen molar-refractivity contribution in [1.82, 2.24) is 15.6 Å². The Balaban J connectivity index is 0.00000176. The van der Waals surface area contributed by atoms with Crippen molar-refractivity contribution in [2.45, 2.75) is 11.4 Å². The van der Waals surface area contributed by atoms with Crippen LogP contribution >= 0.6 is 24.2 Å². The van der Waals surface area contributed by atoms with Gasteiger partial charge in [-0.3, -0.25) is 15.1 Å². The van der Waals surface area contributed by atoms with Crippen LogP contribution in [0.4, 0.5) is 0 Å². The summed E-state index contributed by atoms with van der Waals surface area (Å²) in [7, 11) is 0. The molecule has 1 amide bonds. The molecular formula is C16H18ClN3OS. The molecule has 0 radical (unpaired) electrons. The molecule has 2 N–H and O–H groups in total. The van der Waals surface area contributed by atoms with E-state index in [9.17, 15) is 4.79 Å². The minimum atomic E-state index is -0.220. The van der Waals surface area contributed by atoms with Crippen LogP contribution in [0.1, 0.15) is 17.3 Å². The quantitative estimate of drug-likeness (QED) is 0.900. The van der Waals surface area contributed by atoms with E-state index in [4.69, 9.17) is 0 Å². The van der Waals surface area contributed by atoms with E-state index < -0.39 is 0 Å². The monoisotopic (exact) mass is 335 g/mol. The molecule has 2 aromatic rings. The molecule has 1 fully saturated rings. The van der Waals surface area contributed by atoms with Crippen LogP contribution in [0.2, 0.25) is 0 Å². The van der Waals surface area contributed by atoms with Gasteiger partial charge >= 0.3 is 0 Å². The Morgan fingerprint density at radius 3 is 2.64 bits per heavy atom. The van der Waals surface area contributed by atoms with Gasteiger partial charge in [0.2, 0.25) is 5.91 Å². The van der Waals surface area contributed by atoms with Crippen molar-refractivity contribution in [3.63, 3.8) is 0 Å². The van der Waals surface area contributed by atoms with Gasteiger partial charge in [0.15, 0.2) is 0 Å². The zero-order valence-corrected chi connectivity index (χ0v) is 13.6. The molecule has 22 heavy (non-hydrogen) atoms. The highest BCUT2D eigenvalue weighted by Crippen LogP contribution is 2.22.